The van der Waals surface area contributed by atoms with Crippen LogP contribution < -0.4 is 11.1 Å². The summed E-state index contributed by atoms with van der Waals surface area (Å²) in [6.45, 7) is 4.15. The quantitative estimate of drug-likeness (QED) is 0.672. The normalized spacial score (nSPS) is 12.7. The summed E-state index contributed by atoms with van der Waals surface area (Å²) in [5, 5.41) is 6.48. The molecule has 120 valence electrons. The molecule has 1 aromatic carbocycles. The standard InChI is InChI=1S/C17H20N4OS/c1-10(2)15-9-23-17(20-15)21-16(22)13(18)7-11-8-19-14-6-4-3-5-12(11)14/h3-6,8-10,13,19H,7,18H2,1-2H3,(H,20,21,22)/t13-/m0/s1. The van der Waals surface area contributed by atoms with Crippen molar-refractivity contribution < 1.29 is 4.79 Å². The van der Waals surface area contributed by atoms with E-state index >= 15 is 0 Å². The molecule has 1 amide bonds. The van der Waals surface area contributed by atoms with Crippen molar-refractivity contribution in [2.45, 2.75) is 32.2 Å². The predicted molar refractivity (Wildman–Crippen MR) is 94.8 cm³/mol. The summed E-state index contributed by atoms with van der Waals surface area (Å²) in [6.07, 6.45) is 2.40. The second kappa shape index (κ2) is 6.52. The van der Waals surface area contributed by atoms with Gasteiger partial charge in [-0.15, -0.1) is 11.3 Å². The second-order valence-electron chi connectivity index (χ2n) is 5.89. The lowest BCUT2D eigenvalue weighted by atomic mass is 10.1. The number of H-pyrrole nitrogens is 1. The molecule has 3 rings (SSSR count). The van der Waals surface area contributed by atoms with Crippen LogP contribution in [-0.4, -0.2) is 21.9 Å². The number of carbonyl (C=O) groups excluding carboxylic acids is 1. The number of para-hydroxylation sites is 1. The SMILES string of the molecule is CC(C)c1csc(NC(=O)[C@@H](N)Cc2c[nH]c3ccccc23)n1. The highest BCUT2D eigenvalue weighted by Crippen LogP contribution is 2.22. The number of hydrogen-bond donors (Lipinski definition) is 3. The number of hydrogen-bond acceptors (Lipinski definition) is 4. The third-order valence-corrected chi connectivity index (χ3v) is 4.57. The Morgan fingerprint density at radius 3 is 2.91 bits per heavy atom. The molecule has 1 atom stereocenters. The molecule has 0 saturated heterocycles. The van der Waals surface area contributed by atoms with Gasteiger partial charge in [-0.3, -0.25) is 4.79 Å². The number of amides is 1. The van der Waals surface area contributed by atoms with E-state index in [9.17, 15) is 4.79 Å². The van der Waals surface area contributed by atoms with Crippen LogP contribution >= 0.6 is 11.3 Å². The van der Waals surface area contributed by atoms with Crippen LogP contribution in [0.15, 0.2) is 35.8 Å². The number of aromatic amines is 1. The van der Waals surface area contributed by atoms with Crippen LogP contribution in [0.4, 0.5) is 5.13 Å². The van der Waals surface area contributed by atoms with Crippen molar-refractivity contribution in [3.05, 3.63) is 47.1 Å². The molecule has 3 aromatic rings. The monoisotopic (exact) mass is 328 g/mol. The highest BCUT2D eigenvalue weighted by atomic mass is 32.1. The van der Waals surface area contributed by atoms with Crippen molar-refractivity contribution in [1.82, 2.24) is 9.97 Å². The first-order valence-electron chi connectivity index (χ1n) is 7.61. The lowest BCUT2D eigenvalue weighted by molar-refractivity contribution is -0.117. The molecular formula is C17H20N4OS. The third-order valence-electron chi connectivity index (χ3n) is 3.80. The largest absolute Gasteiger partial charge is 0.361 e. The molecule has 6 heteroatoms. The van der Waals surface area contributed by atoms with E-state index in [1.165, 1.54) is 11.3 Å². The smallest absolute Gasteiger partial charge is 0.243 e. The number of benzene rings is 1. The van der Waals surface area contributed by atoms with Crippen LogP contribution in [-0.2, 0) is 11.2 Å². The number of thiazole rings is 1. The molecule has 0 radical (unpaired) electrons. The first-order chi connectivity index (χ1) is 11.0. The fourth-order valence-electron chi connectivity index (χ4n) is 2.44. The van der Waals surface area contributed by atoms with Crippen molar-refractivity contribution in [3.63, 3.8) is 0 Å². The molecule has 0 aliphatic heterocycles. The van der Waals surface area contributed by atoms with Gasteiger partial charge in [0, 0.05) is 22.5 Å². The van der Waals surface area contributed by atoms with E-state index in [1.54, 1.807) is 0 Å². The maximum Gasteiger partial charge on any atom is 0.243 e. The number of anilines is 1. The summed E-state index contributed by atoms with van der Waals surface area (Å²) in [5.41, 5.74) is 9.15. The first kappa shape index (κ1) is 15.7. The number of rotatable bonds is 5. The average molecular weight is 328 g/mol. The van der Waals surface area contributed by atoms with E-state index in [0.717, 1.165) is 22.2 Å². The summed E-state index contributed by atoms with van der Waals surface area (Å²) >= 11 is 1.43. The minimum atomic E-state index is -0.611. The molecular weight excluding hydrogens is 308 g/mol. The van der Waals surface area contributed by atoms with Gasteiger partial charge in [-0.1, -0.05) is 32.0 Å². The van der Waals surface area contributed by atoms with E-state index in [0.29, 0.717) is 17.5 Å². The van der Waals surface area contributed by atoms with Gasteiger partial charge in [0.05, 0.1) is 11.7 Å². The van der Waals surface area contributed by atoms with Gasteiger partial charge in [-0.25, -0.2) is 4.98 Å². The highest BCUT2D eigenvalue weighted by molar-refractivity contribution is 7.13. The molecule has 0 bridgehead atoms. The molecule has 0 saturated carbocycles. The van der Waals surface area contributed by atoms with Crippen LogP contribution in [0.1, 0.15) is 31.0 Å². The zero-order valence-electron chi connectivity index (χ0n) is 13.2. The number of nitrogens with zero attached hydrogens (tertiary/aromatic N) is 1. The molecule has 2 aromatic heterocycles. The van der Waals surface area contributed by atoms with E-state index in [-0.39, 0.29) is 5.91 Å². The fraction of sp³-hybridized carbons (Fsp3) is 0.294. The van der Waals surface area contributed by atoms with Crippen LogP contribution in [0.25, 0.3) is 10.9 Å². The fourth-order valence-corrected chi connectivity index (χ4v) is 3.31. The number of nitrogens with one attached hydrogen (secondary N) is 2. The highest BCUT2D eigenvalue weighted by Gasteiger charge is 2.18. The Morgan fingerprint density at radius 2 is 2.17 bits per heavy atom. The Kier molecular flexibility index (Phi) is 4.45. The van der Waals surface area contributed by atoms with Gasteiger partial charge in [0.1, 0.15) is 0 Å². The van der Waals surface area contributed by atoms with Crippen LogP contribution in [0.2, 0.25) is 0 Å². The number of carbonyl (C=O) groups is 1. The Bertz CT molecular complexity index is 821. The summed E-state index contributed by atoms with van der Waals surface area (Å²) in [6, 6.07) is 7.38. The molecule has 0 spiro atoms. The van der Waals surface area contributed by atoms with Crippen molar-refractivity contribution >= 4 is 33.3 Å². The molecule has 0 aliphatic rings. The van der Waals surface area contributed by atoms with Gasteiger partial charge >= 0.3 is 0 Å². The van der Waals surface area contributed by atoms with Gasteiger partial charge in [0.2, 0.25) is 5.91 Å². The minimum Gasteiger partial charge on any atom is -0.361 e. The van der Waals surface area contributed by atoms with Crippen LogP contribution in [0, 0.1) is 0 Å². The van der Waals surface area contributed by atoms with Crippen molar-refractivity contribution in [1.29, 1.82) is 0 Å². The lowest BCUT2D eigenvalue weighted by Gasteiger charge is -2.10. The molecule has 0 unspecified atom stereocenters. The van der Waals surface area contributed by atoms with Gasteiger partial charge in [-0.05, 0) is 24.0 Å². The zero-order chi connectivity index (χ0) is 16.4. The zero-order valence-corrected chi connectivity index (χ0v) is 14.0. The van der Waals surface area contributed by atoms with E-state index in [1.807, 2.05) is 35.8 Å². The number of fused-ring (bicyclic) bond motifs is 1. The first-order valence-corrected chi connectivity index (χ1v) is 8.49. The van der Waals surface area contributed by atoms with Gasteiger partial charge in [0.25, 0.3) is 0 Å². The Labute approximate surface area is 138 Å². The van der Waals surface area contributed by atoms with Crippen molar-refractivity contribution in [3.8, 4) is 0 Å². The Hall–Kier alpha value is -2.18. The third kappa shape index (κ3) is 3.43. The number of aromatic nitrogens is 2. The van der Waals surface area contributed by atoms with Crippen molar-refractivity contribution in [2.24, 2.45) is 5.73 Å². The van der Waals surface area contributed by atoms with Gasteiger partial charge < -0.3 is 16.0 Å². The lowest BCUT2D eigenvalue weighted by Crippen LogP contribution is -2.37. The predicted octanol–water partition coefficient (Wildman–Crippen LogP) is 3.26. The minimum absolute atomic E-state index is 0.208. The molecule has 23 heavy (non-hydrogen) atoms. The summed E-state index contributed by atoms with van der Waals surface area (Å²) in [4.78, 5) is 19.9. The Morgan fingerprint density at radius 1 is 1.39 bits per heavy atom. The molecule has 2 heterocycles. The molecule has 5 nitrogen and oxygen atoms in total. The van der Waals surface area contributed by atoms with Crippen molar-refractivity contribution in [2.75, 3.05) is 5.32 Å². The van der Waals surface area contributed by atoms with Crippen LogP contribution in [0.5, 0.6) is 0 Å². The average Bonchev–Trinajstić information content (AvgIpc) is 3.15. The van der Waals surface area contributed by atoms with Crippen LogP contribution in [0.3, 0.4) is 0 Å². The maximum absolute atomic E-state index is 12.3. The van der Waals surface area contributed by atoms with E-state index in [4.69, 9.17) is 5.73 Å². The number of nitrogens with two attached hydrogens (primary N) is 1. The molecule has 0 fully saturated rings. The second-order valence-corrected chi connectivity index (χ2v) is 6.75. The molecule has 0 aliphatic carbocycles. The topological polar surface area (TPSA) is 83.8 Å². The summed E-state index contributed by atoms with van der Waals surface area (Å²) in [5.74, 6) is 0.136. The molecule has 4 N–H and O–H groups in total. The maximum atomic E-state index is 12.3. The Balaban J connectivity index is 1.67. The van der Waals surface area contributed by atoms with Gasteiger partial charge in [0.15, 0.2) is 5.13 Å². The van der Waals surface area contributed by atoms with E-state index < -0.39 is 6.04 Å². The van der Waals surface area contributed by atoms with E-state index in [2.05, 4.69) is 29.1 Å². The van der Waals surface area contributed by atoms with Gasteiger partial charge in [-0.2, -0.15) is 0 Å². The summed E-state index contributed by atoms with van der Waals surface area (Å²) in [7, 11) is 0. The summed E-state index contributed by atoms with van der Waals surface area (Å²) < 4.78 is 0.